The second kappa shape index (κ2) is 5.20. The van der Waals surface area contributed by atoms with Gasteiger partial charge >= 0.3 is 0 Å². The van der Waals surface area contributed by atoms with Crippen LogP contribution in [-0.4, -0.2) is 19.2 Å². The molecule has 0 saturated carbocycles. The molecule has 0 unspecified atom stereocenters. The van der Waals surface area contributed by atoms with Gasteiger partial charge in [0.2, 0.25) is 0 Å². The molecule has 84 valence electrons. The van der Waals surface area contributed by atoms with Gasteiger partial charge in [-0.3, -0.25) is 0 Å². The summed E-state index contributed by atoms with van der Waals surface area (Å²) in [4.78, 5) is 0. The molecule has 1 aromatic rings. The van der Waals surface area contributed by atoms with Crippen LogP contribution in [0, 0.1) is 11.3 Å². The lowest BCUT2D eigenvalue weighted by molar-refractivity contribution is 0.166. The largest absolute Gasteiger partial charge is 0.488 e. The van der Waals surface area contributed by atoms with E-state index >= 15 is 0 Å². The SMILES string of the molecule is N#Cc1ccc(Cl)cc1O[C@H]1CCCNC1. The second-order valence-electron chi connectivity index (χ2n) is 3.84. The highest BCUT2D eigenvalue weighted by molar-refractivity contribution is 6.30. The van der Waals surface area contributed by atoms with Crippen LogP contribution in [0.3, 0.4) is 0 Å². The summed E-state index contributed by atoms with van der Waals surface area (Å²) in [5, 5.41) is 12.8. The van der Waals surface area contributed by atoms with Gasteiger partial charge in [-0.15, -0.1) is 0 Å². The molecule has 0 aromatic heterocycles. The van der Waals surface area contributed by atoms with Crippen molar-refractivity contribution in [3.63, 3.8) is 0 Å². The number of piperidine rings is 1. The molecule has 0 amide bonds. The number of benzene rings is 1. The van der Waals surface area contributed by atoms with E-state index in [9.17, 15) is 0 Å². The molecular weight excluding hydrogens is 224 g/mol. The summed E-state index contributed by atoms with van der Waals surface area (Å²) < 4.78 is 5.79. The Kier molecular flexibility index (Phi) is 3.66. The molecule has 1 saturated heterocycles. The third kappa shape index (κ3) is 2.66. The Bertz CT molecular complexity index is 408. The first-order chi connectivity index (χ1) is 7.79. The van der Waals surface area contributed by atoms with Crippen molar-refractivity contribution in [2.75, 3.05) is 13.1 Å². The standard InChI is InChI=1S/C12H13ClN2O/c13-10-4-3-9(7-14)12(6-10)16-11-2-1-5-15-8-11/h3-4,6,11,15H,1-2,5,8H2/t11-/m0/s1. The molecule has 0 aliphatic carbocycles. The van der Waals surface area contributed by atoms with Crippen molar-refractivity contribution in [3.8, 4) is 11.8 Å². The summed E-state index contributed by atoms with van der Waals surface area (Å²) in [6.45, 7) is 1.87. The summed E-state index contributed by atoms with van der Waals surface area (Å²) in [7, 11) is 0. The highest BCUT2D eigenvalue weighted by atomic mass is 35.5. The van der Waals surface area contributed by atoms with Crippen LogP contribution in [0.4, 0.5) is 0 Å². The first-order valence-corrected chi connectivity index (χ1v) is 5.74. The smallest absolute Gasteiger partial charge is 0.139 e. The molecule has 0 radical (unpaired) electrons. The first kappa shape index (κ1) is 11.3. The monoisotopic (exact) mass is 236 g/mol. The van der Waals surface area contributed by atoms with Crippen molar-refractivity contribution >= 4 is 11.6 Å². The van der Waals surface area contributed by atoms with Crippen LogP contribution in [0.15, 0.2) is 18.2 Å². The third-order valence-electron chi connectivity index (χ3n) is 2.61. The van der Waals surface area contributed by atoms with Crippen molar-refractivity contribution in [3.05, 3.63) is 28.8 Å². The number of hydrogen-bond acceptors (Lipinski definition) is 3. The molecule has 1 atom stereocenters. The number of halogens is 1. The minimum atomic E-state index is 0.138. The molecular formula is C12H13ClN2O. The Hall–Kier alpha value is -1.24. The van der Waals surface area contributed by atoms with Gasteiger partial charge in [-0.1, -0.05) is 11.6 Å². The molecule has 3 nitrogen and oxygen atoms in total. The van der Waals surface area contributed by atoms with Gasteiger partial charge in [-0.05, 0) is 31.5 Å². The molecule has 1 heterocycles. The van der Waals surface area contributed by atoms with E-state index in [4.69, 9.17) is 21.6 Å². The van der Waals surface area contributed by atoms with Crippen LogP contribution in [0.1, 0.15) is 18.4 Å². The zero-order valence-corrected chi connectivity index (χ0v) is 9.63. The van der Waals surface area contributed by atoms with Gasteiger partial charge in [0.25, 0.3) is 0 Å². The molecule has 1 aliphatic heterocycles. The third-order valence-corrected chi connectivity index (χ3v) is 2.84. The van der Waals surface area contributed by atoms with Crippen LogP contribution in [-0.2, 0) is 0 Å². The average Bonchev–Trinajstić information content (AvgIpc) is 2.31. The Morgan fingerprint density at radius 2 is 2.38 bits per heavy atom. The number of hydrogen-bond donors (Lipinski definition) is 1. The van der Waals surface area contributed by atoms with Crippen LogP contribution in [0.25, 0.3) is 0 Å². The predicted molar refractivity (Wildman–Crippen MR) is 62.7 cm³/mol. The number of nitrogens with one attached hydrogen (secondary N) is 1. The Balaban J connectivity index is 2.13. The quantitative estimate of drug-likeness (QED) is 0.857. The zero-order valence-electron chi connectivity index (χ0n) is 8.87. The van der Waals surface area contributed by atoms with Gasteiger partial charge in [0.1, 0.15) is 17.9 Å². The lowest BCUT2D eigenvalue weighted by atomic mass is 10.1. The van der Waals surface area contributed by atoms with Gasteiger partial charge in [0.15, 0.2) is 0 Å². The Morgan fingerprint density at radius 1 is 1.50 bits per heavy atom. The van der Waals surface area contributed by atoms with Crippen molar-refractivity contribution in [1.82, 2.24) is 5.32 Å². The number of nitrogens with zero attached hydrogens (tertiary/aromatic N) is 1. The molecule has 4 heteroatoms. The Morgan fingerprint density at radius 3 is 3.06 bits per heavy atom. The summed E-state index contributed by atoms with van der Waals surface area (Å²) in [6, 6.07) is 7.20. The second-order valence-corrected chi connectivity index (χ2v) is 4.27. The molecule has 1 aliphatic rings. The molecule has 1 N–H and O–H groups in total. The van der Waals surface area contributed by atoms with Crippen LogP contribution in [0.2, 0.25) is 5.02 Å². The molecule has 1 fully saturated rings. The van der Waals surface area contributed by atoms with Gasteiger partial charge in [-0.25, -0.2) is 0 Å². The number of ether oxygens (including phenoxy) is 1. The van der Waals surface area contributed by atoms with E-state index in [0.717, 1.165) is 25.9 Å². The summed E-state index contributed by atoms with van der Waals surface area (Å²) in [5.41, 5.74) is 0.537. The fourth-order valence-electron chi connectivity index (χ4n) is 1.79. The highest BCUT2D eigenvalue weighted by Crippen LogP contribution is 2.24. The van der Waals surface area contributed by atoms with Crippen molar-refractivity contribution in [2.45, 2.75) is 18.9 Å². The lowest BCUT2D eigenvalue weighted by Gasteiger charge is -2.24. The van der Waals surface area contributed by atoms with Gasteiger partial charge < -0.3 is 10.1 Å². The van der Waals surface area contributed by atoms with Crippen LogP contribution in [0.5, 0.6) is 5.75 Å². The summed E-state index contributed by atoms with van der Waals surface area (Å²) >= 11 is 5.89. The van der Waals surface area contributed by atoms with E-state index in [0.29, 0.717) is 16.3 Å². The van der Waals surface area contributed by atoms with Gasteiger partial charge in [-0.2, -0.15) is 5.26 Å². The fourth-order valence-corrected chi connectivity index (χ4v) is 1.95. The van der Waals surface area contributed by atoms with Crippen molar-refractivity contribution in [1.29, 1.82) is 5.26 Å². The first-order valence-electron chi connectivity index (χ1n) is 5.36. The van der Waals surface area contributed by atoms with Crippen LogP contribution >= 0.6 is 11.6 Å². The number of nitriles is 1. The summed E-state index contributed by atoms with van der Waals surface area (Å²) in [5.74, 6) is 0.587. The van der Waals surface area contributed by atoms with E-state index in [-0.39, 0.29) is 6.10 Å². The fraction of sp³-hybridized carbons (Fsp3) is 0.417. The van der Waals surface area contributed by atoms with E-state index in [1.807, 2.05) is 0 Å². The van der Waals surface area contributed by atoms with Gasteiger partial charge in [0.05, 0.1) is 5.56 Å². The lowest BCUT2D eigenvalue weighted by Crippen LogP contribution is -2.37. The normalized spacial score (nSPS) is 20.1. The molecule has 0 bridgehead atoms. The topological polar surface area (TPSA) is 45.0 Å². The minimum Gasteiger partial charge on any atom is -0.488 e. The zero-order chi connectivity index (χ0) is 11.4. The predicted octanol–water partition coefficient (Wildman–Crippen LogP) is 2.34. The van der Waals surface area contributed by atoms with E-state index in [2.05, 4.69) is 11.4 Å². The maximum absolute atomic E-state index is 8.95. The van der Waals surface area contributed by atoms with Crippen molar-refractivity contribution < 1.29 is 4.74 Å². The number of rotatable bonds is 2. The highest BCUT2D eigenvalue weighted by Gasteiger charge is 2.16. The maximum atomic E-state index is 8.95. The van der Waals surface area contributed by atoms with E-state index in [1.54, 1.807) is 18.2 Å². The molecule has 1 aromatic carbocycles. The molecule has 2 rings (SSSR count). The average molecular weight is 237 g/mol. The Labute approximate surface area is 100.0 Å². The molecule has 0 spiro atoms. The minimum absolute atomic E-state index is 0.138. The van der Waals surface area contributed by atoms with Crippen molar-refractivity contribution in [2.24, 2.45) is 0 Å². The maximum Gasteiger partial charge on any atom is 0.139 e. The van der Waals surface area contributed by atoms with E-state index < -0.39 is 0 Å². The molecule has 16 heavy (non-hydrogen) atoms. The van der Waals surface area contributed by atoms with Gasteiger partial charge in [0, 0.05) is 17.6 Å². The van der Waals surface area contributed by atoms with Crippen LogP contribution < -0.4 is 10.1 Å². The summed E-state index contributed by atoms with van der Waals surface area (Å²) in [6.07, 6.45) is 2.26. The van der Waals surface area contributed by atoms with E-state index in [1.165, 1.54) is 0 Å².